The molecule has 0 radical (unpaired) electrons. The Labute approximate surface area is 186 Å². The Morgan fingerprint density at radius 1 is 1.10 bits per heavy atom. The fourth-order valence-electron chi connectivity index (χ4n) is 3.36. The first kappa shape index (κ1) is 24.4. The Kier molecular flexibility index (Phi) is 7.48. The highest BCUT2D eigenvalue weighted by Crippen LogP contribution is 2.43. The maximum Gasteiger partial charge on any atom is 0.328 e. The van der Waals surface area contributed by atoms with Gasteiger partial charge in [0.15, 0.2) is 0 Å². The van der Waals surface area contributed by atoms with E-state index in [2.05, 4.69) is 58.7 Å². The standard InChI is InChI=1S/C27H35NO3/c1-9-31-25-21(15-20(26(3,4)5)16-23(25)27(6,7)8)22-17-28-13-12-19(22)11-10-18(2)14-24(29)30/h10-17H,9H2,1-8H3,(H,29,30). The van der Waals surface area contributed by atoms with Crippen LogP contribution < -0.4 is 4.74 Å². The molecule has 1 N–H and O–H groups in total. The number of carboxylic acid groups (broad SMARTS) is 1. The van der Waals surface area contributed by atoms with Crippen molar-refractivity contribution in [2.24, 2.45) is 0 Å². The van der Waals surface area contributed by atoms with Crippen LogP contribution >= 0.6 is 0 Å². The zero-order valence-corrected chi connectivity index (χ0v) is 20.0. The molecule has 0 bridgehead atoms. The lowest BCUT2D eigenvalue weighted by atomic mass is 9.78. The highest BCUT2D eigenvalue weighted by atomic mass is 16.5. The summed E-state index contributed by atoms with van der Waals surface area (Å²) in [5.74, 6) is -0.0770. The summed E-state index contributed by atoms with van der Waals surface area (Å²) in [7, 11) is 0. The van der Waals surface area contributed by atoms with Gasteiger partial charge in [0.2, 0.25) is 0 Å². The molecule has 2 rings (SSSR count). The number of hydrogen-bond donors (Lipinski definition) is 1. The van der Waals surface area contributed by atoms with Crippen LogP contribution in [-0.2, 0) is 15.6 Å². The maximum absolute atomic E-state index is 11.0. The molecule has 0 spiro atoms. The molecular formula is C27H35NO3. The van der Waals surface area contributed by atoms with Gasteiger partial charge in [-0.1, -0.05) is 59.8 Å². The van der Waals surface area contributed by atoms with Gasteiger partial charge in [-0.3, -0.25) is 4.98 Å². The molecule has 0 aliphatic rings. The van der Waals surface area contributed by atoms with Gasteiger partial charge in [-0.2, -0.15) is 0 Å². The SMILES string of the molecule is CCOc1c(-c2cnccc2C=CC(C)=CC(=O)O)cc(C(C)(C)C)cc1C(C)(C)C. The van der Waals surface area contributed by atoms with E-state index in [0.717, 1.165) is 28.0 Å². The second kappa shape index (κ2) is 9.51. The van der Waals surface area contributed by atoms with E-state index in [1.54, 1.807) is 13.1 Å². The van der Waals surface area contributed by atoms with Crippen molar-refractivity contribution in [1.82, 2.24) is 4.98 Å². The Morgan fingerprint density at radius 3 is 2.32 bits per heavy atom. The normalized spacial score (nSPS) is 13.0. The molecule has 0 atom stereocenters. The van der Waals surface area contributed by atoms with E-state index < -0.39 is 5.97 Å². The predicted molar refractivity (Wildman–Crippen MR) is 129 cm³/mol. The first-order chi connectivity index (χ1) is 14.3. The lowest BCUT2D eigenvalue weighted by Gasteiger charge is -2.29. The number of hydrogen-bond acceptors (Lipinski definition) is 3. The van der Waals surface area contributed by atoms with Crippen LogP contribution in [0.1, 0.15) is 72.1 Å². The third-order valence-electron chi connectivity index (χ3n) is 5.07. The van der Waals surface area contributed by atoms with Crippen molar-refractivity contribution in [2.75, 3.05) is 6.61 Å². The van der Waals surface area contributed by atoms with Gasteiger partial charge in [-0.05, 0) is 53.5 Å². The van der Waals surface area contributed by atoms with Gasteiger partial charge in [0, 0.05) is 35.2 Å². The molecule has 0 fully saturated rings. The predicted octanol–water partition coefficient (Wildman–Crippen LogP) is 6.79. The van der Waals surface area contributed by atoms with Crippen LogP contribution in [0.4, 0.5) is 0 Å². The molecular weight excluding hydrogens is 386 g/mol. The molecule has 1 heterocycles. The Morgan fingerprint density at radius 2 is 1.77 bits per heavy atom. The van der Waals surface area contributed by atoms with Crippen molar-refractivity contribution in [2.45, 2.75) is 66.2 Å². The fourth-order valence-corrected chi connectivity index (χ4v) is 3.36. The summed E-state index contributed by atoms with van der Waals surface area (Å²) in [5, 5.41) is 8.99. The van der Waals surface area contributed by atoms with Gasteiger partial charge < -0.3 is 9.84 Å². The van der Waals surface area contributed by atoms with Crippen LogP contribution in [0.25, 0.3) is 17.2 Å². The summed E-state index contributed by atoms with van der Waals surface area (Å²) >= 11 is 0. The van der Waals surface area contributed by atoms with Crippen molar-refractivity contribution in [3.63, 3.8) is 0 Å². The van der Waals surface area contributed by atoms with E-state index >= 15 is 0 Å². The number of allylic oxidation sites excluding steroid dienone is 2. The second-order valence-electron chi connectivity index (χ2n) is 9.86. The minimum Gasteiger partial charge on any atom is -0.493 e. The van der Waals surface area contributed by atoms with Crippen molar-refractivity contribution < 1.29 is 14.6 Å². The first-order valence-corrected chi connectivity index (χ1v) is 10.7. The van der Waals surface area contributed by atoms with Gasteiger partial charge in [-0.25, -0.2) is 4.79 Å². The molecule has 0 saturated heterocycles. The van der Waals surface area contributed by atoms with Crippen molar-refractivity contribution >= 4 is 12.0 Å². The van der Waals surface area contributed by atoms with Crippen molar-refractivity contribution in [1.29, 1.82) is 0 Å². The smallest absolute Gasteiger partial charge is 0.328 e. The molecule has 1 aromatic heterocycles. The zero-order chi connectivity index (χ0) is 23.4. The summed E-state index contributed by atoms with van der Waals surface area (Å²) in [5.41, 5.74) is 5.86. The summed E-state index contributed by atoms with van der Waals surface area (Å²) in [6, 6.07) is 6.41. The van der Waals surface area contributed by atoms with E-state index in [9.17, 15) is 4.79 Å². The lowest BCUT2D eigenvalue weighted by Crippen LogP contribution is -2.18. The van der Waals surface area contributed by atoms with Gasteiger partial charge >= 0.3 is 5.97 Å². The molecule has 0 aliphatic carbocycles. The third-order valence-corrected chi connectivity index (χ3v) is 5.07. The number of benzene rings is 1. The molecule has 0 unspecified atom stereocenters. The number of carboxylic acids is 1. The van der Waals surface area contributed by atoms with Gasteiger partial charge in [0.1, 0.15) is 5.75 Å². The number of pyridine rings is 1. The first-order valence-electron chi connectivity index (χ1n) is 10.7. The zero-order valence-electron chi connectivity index (χ0n) is 20.0. The summed E-state index contributed by atoms with van der Waals surface area (Å²) < 4.78 is 6.21. The number of ether oxygens (including phenoxy) is 1. The molecule has 4 heteroatoms. The molecule has 4 nitrogen and oxygen atoms in total. The number of carbonyl (C=O) groups is 1. The summed E-state index contributed by atoms with van der Waals surface area (Å²) in [4.78, 5) is 15.3. The minimum absolute atomic E-state index is 0.0292. The highest BCUT2D eigenvalue weighted by Gasteiger charge is 2.27. The molecule has 166 valence electrons. The number of aliphatic carboxylic acids is 1. The van der Waals surface area contributed by atoms with Gasteiger partial charge in [0.05, 0.1) is 6.61 Å². The molecule has 0 saturated carbocycles. The largest absolute Gasteiger partial charge is 0.493 e. The van der Waals surface area contributed by atoms with E-state index in [1.807, 2.05) is 31.3 Å². The van der Waals surface area contributed by atoms with E-state index in [0.29, 0.717) is 12.2 Å². The van der Waals surface area contributed by atoms with Crippen LogP contribution in [0.2, 0.25) is 0 Å². The Bertz CT molecular complexity index is 1000. The lowest BCUT2D eigenvalue weighted by molar-refractivity contribution is -0.131. The maximum atomic E-state index is 11.0. The average molecular weight is 422 g/mol. The third kappa shape index (κ3) is 6.30. The molecule has 0 amide bonds. The fraction of sp³-hybridized carbons (Fsp3) is 0.407. The van der Waals surface area contributed by atoms with Gasteiger partial charge in [-0.15, -0.1) is 0 Å². The highest BCUT2D eigenvalue weighted by molar-refractivity contribution is 5.83. The molecule has 2 aromatic rings. The van der Waals surface area contributed by atoms with Crippen LogP contribution in [-0.4, -0.2) is 22.7 Å². The monoisotopic (exact) mass is 421 g/mol. The Hall–Kier alpha value is -2.88. The molecule has 1 aromatic carbocycles. The molecule has 0 aliphatic heterocycles. The van der Waals surface area contributed by atoms with Crippen LogP contribution in [0.5, 0.6) is 5.75 Å². The van der Waals surface area contributed by atoms with Crippen LogP contribution in [0.3, 0.4) is 0 Å². The number of aromatic nitrogens is 1. The van der Waals surface area contributed by atoms with E-state index in [1.165, 1.54) is 11.6 Å². The Balaban J connectivity index is 2.81. The van der Waals surface area contributed by atoms with E-state index in [4.69, 9.17) is 9.84 Å². The van der Waals surface area contributed by atoms with Crippen molar-refractivity contribution in [3.05, 3.63) is 65.0 Å². The van der Waals surface area contributed by atoms with E-state index in [-0.39, 0.29) is 10.8 Å². The number of nitrogens with zero attached hydrogens (tertiary/aromatic N) is 1. The topological polar surface area (TPSA) is 59.4 Å². The minimum atomic E-state index is -0.955. The second-order valence-corrected chi connectivity index (χ2v) is 9.86. The summed E-state index contributed by atoms with van der Waals surface area (Å²) in [6.45, 7) is 17.6. The average Bonchev–Trinajstić information content (AvgIpc) is 2.64. The van der Waals surface area contributed by atoms with Crippen molar-refractivity contribution in [3.8, 4) is 16.9 Å². The molecule has 31 heavy (non-hydrogen) atoms. The summed E-state index contributed by atoms with van der Waals surface area (Å²) in [6.07, 6.45) is 8.54. The number of rotatable bonds is 6. The van der Waals surface area contributed by atoms with Crippen LogP contribution in [0.15, 0.2) is 48.3 Å². The quantitative estimate of drug-likeness (QED) is 0.412. The van der Waals surface area contributed by atoms with Gasteiger partial charge in [0.25, 0.3) is 0 Å². The van der Waals surface area contributed by atoms with Crippen LogP contribution in [0, 0.1) is 0 Å².